The number of aromatic nitrogens is 4. The van der Waals surface area contributed by atoms with Crippen LogP contribution >= 0.6 is 11.3 Å². The summed E-state index contributed by atoms with van der Waals surface area (Å²) in [7, 11) is 0. The molecule has 7 nitrogen and oxygen atoms in total. The van der Waals surface area contributed by atoms with Crippen molar-refractivity contribution in [2.75, 3.05) is 25.0 Å². The highest BCUT2D eigenvalue weighted by atomic mass is 32.1. The lowest BCUT2D eigenvalue weighted by atomic mass is 10.1. The Kier molecular flexibility index (Phi) is 5.91. The number of imidazole rings is 1. The Hall–Kier alpha value is -2.81. The van der Waals surface area contributed by atoms with Gasteiger partial charge in [-0.15, -0.1) is 11.3 Å². The van der Waals surface area contributed by atoms with Crippen molar-refractivity contribution in [3.05, 3.63) is 64.7 Å². The fourth-order valence-electron chi connectivity index (χ4n) is 4.29. The van der Waals surface area contributed by atoms with Crippen LogP contribution in [-0.4, -0.2) is 44.1 Å². The first kappa shape index (κ1) is 21.1. The van der Waals surface area contributed by atoms with E-state index in [4.69, 9.17) is 14.7 Å². The number of nitrogens with zero attached hydrogens (tertiary/aromatic N) is 5. The van der Waals surface area contributed by atoms with E-state index in [1.807, 2.05) is 25.3 Å². The van der Waals surface area contributed by atoms with E-state index >= 15 is 0 Å². The van der Waals surface area contributed by atoms with Crippen molar-refractivity contribution in [2.45, 2.75) is 40.0 Å². The standard InChI is InChI=1S/C24H28N6OS/c1-4-30-21-8-6-5-7-19(21)28-23(30)15-29-9-10-31-22(14-29)20-12-18(11-16(2)26-20)27-24-25-13-17(3)32-24/h5-8,11-13,22H,4,9-10,14-15H2,1-3H3,(H,25,26,27). The van der Waals surface area contributed by atoms with Crippen molar-refractivity contribution in [3.8, 4) is 0 Å². The Morgan fingerprint density at radius 2 is 2.06 bits per heavy atom. The zero-order chi connectivity index (χ0) is 22.1. The second-order valence-corrected chi connectivity index (χ2v) is 9.41. The number of rotatable bonds is 6. The highest BCUT2D eigenvalue weighted by Gasteiger charge is 2.25. The average Bonchev–Trinajstić information content (AvgIpc) is 3.35. The van der Waals surface area contributed by atoms with Crippen molar-refractivity contribution in [3.63, 3.8) is 0 Å². The minimum Gasteiger partial charge on any atom is -0.369 e. The molecule has 1 atom stereocenters. The van der Waals surface area contributed by atoms with Gasteiger partial charge in [-0.2, -0.15) is 0 Å². The monoisotopic (exact) mass is 448 g/mol. The Balaban J connectivity index is 1.34. The molecule has 5 rings (SSSR count). The van der Waals surface area contributed by atoms with Crippen LogP contribution in [0.3, 0.4) is 0 Å². The van der Waals surface area contributed by atoms with Gasteiger partial charge in [0.2, 0.25) is 0 Å². The molecule has 166 valence electrons. The predicted molar refractivity (Wildman–Crippen MR) is 128 cm³/mol. The summed E-state index contributed by atoms with van der Waals surface area (Å²) in [4.78, 5) is 17.7. The van der Waals surface area contributed by atoms with E-state index in [1.54, 1.807) is 11.3 Å². The van der Waals surface area contributed by atoms with Crippen molar-refractivity contribution < 1.29 is 4.74 Å². The predicted octanol–water partition coefficient (Wildman–Crippen LogP) is 4.84. The van der Waals surface area contributed by atoms with Crippen LogP contribution in [0.2, 0.25) is 0 Å². The average molecular weight is 449 g/mol. The minimum absolute atomic E-state index is 0.0679. The minimum atomic E-state index is -0.0679. The van der Waals surface area contributed by atoms with Crippen LogP contribution < -0.4 is 5.32 Å². The SMILES string of the molecule is CCn1c(CN2CCOC(c3cc(Nc4ncc(C)s4)cc(C)n3)C2)nc2ccccc21. The van der Waals surface area contributed by atoms with Gasteiger partial charge in [0.25, 0.3) is 0 Å². The van der Waals surface area contributed by atoms with Crippen molar-refractivity contribution in [1.82, 2.24) is 24.4 Å². The molecule has 1 aliphatic rings. The second kappa shape index (κ2) is 8.97. The first-order chi connectivity index (χ1) is 15.6. The van der Waals surface area contributed by atoms with E-state index in [1.165, 1.54) is 10.4 Å². The van der Waals surface area contributed by atoms with Gasteiger partial charge in [-0.05, 0) is 45.0 Å². The van der Waals surface area contributed by atoms with Crippen LogP contribution in [0.15, 0.2) is 42.6 Å². The van der Waals surface area contributed by atoms with Crippen molar-refractivity contribution in [1.29, 1.82) is 0 Å². The second-order valence-electron chi connectivity index (χ2n) is 8.18. The zero-order valence-corrected chi connectivity index (χ0v) is 19.5. The molecule has 0 bridgehead atoms. The maximum Gasteiger partial charge on any atom is 0.187 e. The van der Waals surface area contributed by atoms with Crippen LogP contribution in [-0.2, 0) is 17.8 Å². The number of morpholine rings is 1. The van der Waals surface area contributed by atoms with Crippen LogP contribution in [0.4, 0.5) is 10.8 Å². The van der Waals surface area contributed by atoms with Crippen molar-refractivity contribution >= 4 is 33.2 Å². The molecule has 1 aromatic carbocycles. The maximum absolute atomic E-state index is 6.14. The van der Waals surface area contributed by atoms with Crippen molar-refractivity contribution in [2.24, 2.45) is 0 Å². The Morgan fingerprint density at radius 3 is 2.88 bits per heavy atom. The van der Waals surface area contributed by atoms with Crippen LogP contribution in [0.5, 0.6) is 0 Å². The highest BCUT2D eigenvalue weighted by molar-refractivity contribution is 7.15. The summed E-state index contributed by atoms with van der Waals surface area (Å²) >= 11 is 1.65. The Bertz CT molecular complexity index is 1230. The van der Waals surface area contributed by atoms with E-state index in [0.29, 0.717) is 6.61 Å². The summed E-state index contributed by atoms with van der Waals surface area (Å²) in [6, 6.07) is 12.5. The molecule has 1 aliphatic heterocycles. The fraction of sp³-hybridized carbons (Fsp3) is 0.375. The number of aryl methyl sites for hydroxylation is 3. The van der Waals surface area contributed by atoms with Gasteiger partial charge in [-0.1, -0.05) is 12.1 Å². The van der Waals surface area contributed by atoms with Gasteiger partial charge in [0, 0.05) is 42.1 Å². The third kappa shape index (κ3) is 4.39. The maximum atomic E-state index is 6.14. The molecule has 1 fully saturated rings. The number of hydrogen-bond acceptors (Lipinski definition) is 7. The molecule has 3 aromatic heterocycles. The molecule has 0 saturated carbocycles. The molecule has 4 heterocycles. The molecular formula is C24H28N6OS. The molecular weight excluding hydrogens is 420 g/mol. The molecule has 0 radical (unpaired) electrons. The molecule has 0 amide bonds. The summed E-state index contributed by atoms with van der Waals surface area (Å²) in [6.07, 6.45) is 1.81. The topological polar surface area (TPSA) is 68.1 Å². The van der Waals surface area contributed by atoms with Gasteiger partial charge in [-0.3, -0.25) is 9.88 Å². The number of anilines is 2. The molecule has 0 aliphatic carbocycles. The number of hydrogen-bond donors (Lipinski definition) is 1. The largest absolute Gasteiger partial charge is 0.369 e. The van der Waals surface area contributed by atoms with E-state index in [9.17, 15) is 0 Å². The van der Waals surface area contributed by atoms with Gasteiger partial charge < -0.3 is 14.6 Å². The van der Waals surface area contributed by atoms with Gasteiger partial charge in [0.05, 0.1) is 29.9 Å². The normalized spacial score (nSPS) is 17.2. The molecule has 32 heavy (non-hydrogen) atoms. The molecule has 0 spiro atoms. The summed E-state index contributed by atoms with van der Waals surface area (Å²) in [5, 5.41) is 4.30. The lowest BCUT2D eigenvalue weighted by Crippen LogP contribution is -2.38. The highest BCUT2D eigenvalue weighted by Crippen LogP contribution is 2.28. The van der Waals surface area contributed by atoms with E-state index < -0.39 is 0 Å². The molecule has 8 heteroatoms. The van der Waals surface area contributed by atoms with Crippen LogP contribution in [0.1, 0.15) is 35.1 Å². The molecule has 4 aromatic rings. The van der Waals surface area contributed by atoms with E-state index in [0.717, 1.165) is 59.7 Å². The van der Waals surface area contributed by atoms with Crippen LogP contribution in [0.25, 0.3) is 11.0 Å². The zero-order valence-electron chi connectivity index (χ0n) is 18.7. The van der Waals surface area contributed by atoms with E-state index in [2.05, 4.69) is 57.9 Å². The molecule has 1 unspecified atom stereocenters. The van der Waals surface area contributed by atoms with Gasteiger partial charge in [-0.25, -0.2) is 9.97 Å². The lowest BCUT2D eigenvalue weighted by molar-refractivity contribution is -0.0359. The number of fused-ring (bicyclic) bond motifs is 1. The van der Waals surface area contributed by atoms with Gasteiger partial charge in [0.1, 0.15) is 11.9 Å². The quantitative estimate of drug-likeness (QED) is 0.455. The fourth-order valence-corrected chi connectivity index (χ4v) is 4.98. The summed E-state index contributed by atoms with van der Waals surface area (Å²) in [5.74, 6) is 1.10. The summed E-state index contributed by atoms with van der Waals surface area (Å²) in [6.45, 7) is 10.3. The number of thiazole rings is 1. The first-order valence-corrected chi connectivity index (χ1v) is 11.9. The summed E-state index contributed by atoms with van der Waals surface area (Å²) in [5.41, 5.74) is 5.17. The number of nitrogens with one attached hydrogen (secondary N) is 1. The van der Waals surface area contributed by atoms with Crippen LogP contribution in [0, 0.1) is 13.8 Å². The number of benzene rings is 1. The lowest BCUT2D eigenvalue weighted by Gasteiger charge is -2.32. The Labute approximate surface area is 192 Å². The number of para-hydroxylation sites is 2. The molecule has 1 N–H and O–H groups in total. The smallest absolute Gasteiger partial charge is 0.187 e. The third-order valence-corrected chi connectivity index (χ3v) is 6.57. The Morgan fingerprint density at radius 1 is 1.19 bits per heavy atom. The number of pyridine rings is 1. The third-order valence-electron chi connectivity index (χ3n) is 5.74. The van der Waals surface area contributed by atoms with Gasteiger partial charge in [0.15, 0.2) is 5.13 Å². The first-order valence-electron chi connectivity index (χ1n) is 11.0. The van der Waals surface area contributed by atoms with E-state index in [-0.39, 0.29) is 6.10 Å². The number of ether oxygens (including phenoxy) is 1. The molecule has 1 saturated heterocycles. The van der Waals surface area contributed by atoms with Gasteiger partial charge >= 0.3 is 0 Å². The summed E-state index contributed by atoms with van der Waals surface area (Å²) < 4.78 is 8.45.